The Morgan fingerprint density at radius 3 is 2.78 bits per heavy atom. The molecule has 3 aromatic rings. The summed E-state index contributed by atoms with van der Waals surface area (Å²) in [5.74, 6) is 1.67. The van der Waals surface area contributed by atoms with Crippen molar-refractivity contribution in [3.8, 4) is 17.2 Å². The predicted octanol–water partition coefficient (Wildman–Crippen LogP) is 4.77. The van der Waals surface area contributed by atoms with Crippen molar-refractivity contribution >= 4 is 27.4 Å². The second kappa shape index (κ2) is 7.21. The van der Waals surface area contributed by atoms with Crippen LogP contribution < -0.4 is 5.32 Å². The first-order chi connectivity index (χ1) is 11.3. The SMILES string of the molecule is Cc1nc(NCCCCC#N)c2c(-c3ccccc3)csc2n1. The minimum atomic E-state index is 0.605. The highest BCUT2D eigenvalue weighted by Crippen LogP contribution is 2.36. The molecule has 0 bridgehead atoms. The zero-order valence-electron chi connectivity index (χ0n) is 13.0. The summed E-state index contributed by atoms with van der Waals surface area (Å²) in [7, 11) is 0. The van der Waals surface area contributed by atoms with Crippen molar-refractivity contribution in [3.63, 3.8) is 0 Å². The van der Waals surface area contributed by atoms with Crippen LogP contribution in [-0.2, 0) is 0 Å². The Morgan fingerprint density at radius 2 is 2.00 bits per heavy atom. The molecule has 0 radical (unpaired) electrons. The van der Waals surface area contributed by atoms with Crippen LogP contribution in [0.1, 0.15) is 25.1 Å². The first-order valence-corrected chi connectivity index (χ1v) is 8.59. The zero-order valence-corrected chi connectivity index (χ0v) is 13.9. The van der Waals surface area contributed by atoms with Crippen LogP contribution in [0.3, 0.4) is 0 Å². The molecular weight excluding hydrogens is 304 g/mol. The molecule has 1 aromatic carbocycles. The van der Waals surface area contributed by atoms with Crippen LogP contribution in [0.15, 0.2) is 35.7 Å². The van der Waals surface area contributed by atoms with Crippen LogP contribution in [0.2, 0.25) is 0 Å². The zero-order chi connectivity index (χ0) is 16.1. The Balaban J connectivity index is 1.93. The predicted molar refractivity (Wildman–Crippen MR) is 95.5 cm³/mol. The van der Waals surface area contributed by atoms with Crippen LogP contribution in [0.4, 0.5) is 5.82 Å². The lowest BCUT2D eigenvalue weighted by Gasteiger charge is -2.09. The third-order valence-corrected chi connectivity index (χ3v) is 4.51. The molecule has 1 N–H and O–H groups in total. The van der Waals surface area contributed by atoms with E-state index in [4.69, 9.17) is 5.26 Å². The summed E-state index contributed by atoms with van der Waals surface area (Å²) in [5.41, 5.74) is 2.35. The largest absolute Gasteiger partial charge is 0.369 e. The van der Waals surface area contributed by atoms with Gasteiger partial charge in [0.15, 0.2) is 0 Å². The molecule has 0 aliphatic carbocycles. The van der Waals surface area contributed by atoms with Crippen molar-refractivity contribution in [1.82, 2.24) is 9.97 Å². The van der Waals surface area contributed by atoms with E-state index >= 15 is 0 Å². The maximum absolute atomic E-state index is 8.61. The number of aromatic nitrogens is 2. The number of aryl methyl sites for hydroxylation is 1. The van der Waals surface area contributed by atoms with Gasteiger partial charge in [0.1, 0.15) is 16.5 Å². The number of benzene rings is 1. The second-order valence-corrected chi connectivity index (χ2v) is 6.22. The number of nitriles is 1. The van der Waals surface area contributed by atoms with Gasteiger partial charge in [0, 0.05) is 23.9 Å². The van der Waals surface area contributed by atoms with Gasteiger partial charge < -0.3 is 5.32 Å². The quantitative estimate of drug-likeness (QED) is 0.664. The van der Waals surface area contributed by atoms with E-state index in [2.05, 4.69) is 38.9 Å². The molecule has 0 saturated heterocycles. The molecule has 0 fully saturated rings. The summed E-state index contributed by atoms with van der Waals surface area (Å²) in [4.78, 5) is 10.2. The van der Waals surface area contributed by atoms with E-state index in [0.29, 0.717) is 6.42 Å². The van der Waals surface area contributed by atoms with Crippen molar-refractivity contribution < 1.29 is 0 Å². The molecule has 0 unspecified atom stereocenters. The van der Waals surface area contributed by atoms with Crippen LogP contribution in [0.5, 0.6) is 0 Å². The molecule has 0 saturated carbocycles. The molecule has 0 amide bonds. The number of nitrogens with zero attached hydrogens (tertiary/aromatic N) is 3. The highest BCUT2D eigenvalue weighted by molar-refractivity contribution is 7.17. The fraction of sp³-hybridized carbons (Fsp3) is 0.278. The standard InChI is InChI=1S/C18H18N4S/c1-13-21-17(20-11-7-3-6-10-19)16-15(12-23-18(16)22-13)14-8-4-2-5-9-14/h2,4-5,8-9,12H,3,6-7,11H2,1H3,(H,20,21,22). The van der Waals surface area contributed by atoms with Gasteiger partial charge in [0.05, 0.1) is 11.5 Å². The van der Waals surface area contributed by atoms with Gasteiger partial charge in [-0.1, -0.05) is 30.3 Å². The van der Waals surface area contributed by atoms with Crippen molar-refractivity contribution in [3.05, 3.63) is 41.5 Å². The van der Waals surface area contributed by atoms with Gasteiger partial charge in [-0.2, -0.15) is 5.26 Å². The van der Waals surface area contributed by atoms with E-state index in [9.17, 15) is 0 Å². The number of thiophene rings is 1. The summed E-state index contributed by atoms with van der Waals surface area (Å²) in [6.45, 7) is 2.74. The van der Waals surface area contributed by atoms with E-state index in [0.717, 1.165) is 41.2 Å². The summed E-state index contributed by atoms with van der Waals surface area (Å²) in [5, 5.41) is 15.3. The molecular formula is C18H18N4S. The fourth-order valence-corrected chi connectivity index (χ4v) is 3.54. The van der Waals surface area contributed by atoms with Crippen molar-refractivity contribution in [2.45, 2.75) is 26.2 Å². The van der Waals surface area contributed by atoms with Gasteiger partial charge >= 0.3 is 0 Å². The molecule has 3 rings (SSSR count). The smallest absolute Gasteiger partial charge is 0.139 e. The number of fused-ring (bicyclic) bond motifs is 1. The van der Waals surface area contributed by atoms with E-state index in [1.807, 2.05) is 25.1 Å². The van der Waals surface area contributed by atoms with Crippen molar-refractivity contribution in [1.29, 1.82) is 5.26 Å². The Kier molecular flexibility index (Phi) is 4.84. The molecule has 23 heavy (non-hydrogen) atoms. The van der Waals surface area contributed by atoms with E-state index < -0.39 is 0 Å². The lowest BCUT2D eigenvalue weighted by atomic mass is 10.1. The van der Waals surface area contributed by atoms with Gasteiger partial charge in [-0.3, -0.25) is 0 Å². The maximum atomic E-state index is 8.61. The van der Waals surface area contributed by atoms with Gasteiger partial charge in [0.25, 0.3) is 0 Å². The molecule has 0 spiro atoms. The van der Waals surface area contributed by atoms with Gasteiger partial charge in [-0.25, -0.2) is 9.97 Å². The summed E-state index contributed by atoms with van der Waals surface area (Å²) < 4.78 is 0. The number of hydrogen-bond acceptors (Lipinski definition) is 5. The van der Waals surface area contributed by atoms with E-state index in [1.54, 1.807) is 11.3 Å². The second-order valence-electron chi connectivity index (χ2n) is 5.36. The first-order valence-electron chi connectivity index (χ1n) is 7.71. The summed E-state index contributed by atoms with van der Waals surface area (Å²) >= 11 is 1.65. The average molecular weight is 322 g/mol. The molecule has 4 nitrogen and oxygen atoms in total. The lowest BCUT2D eigenvalue weighted by molar-refractivity contribution is 0.782. The highest BCUT2D eigenvalue weighted by atomic mass is 32.1. The molecule has 2 heterocycles. The highest BCUT2D eigenvalue weighted by Gasteiger charge is 2.13. The van der Waals surface area contributed by atoms with Crippen molar-refractivity contribution in [2.75, 3.05) is 11.9 Å². The normalized spacial score (nSPS) is 10.6. The lowest BCUT2D eigenvalue weighted by Crippen LogP contribution is -2.05. The number of nitrogens with one attached hydrogen (secondary N) is 1. The minimum Gasteiger partial charge on any atom is -0.369 e. The summed E-state index contributed by atoms with van der Waals surface area (Å²) in [6, 6.07) is 12.5. The first kappa shape index (κ1) is 15.4. The third-order valence-electron chi connectivity index (χ3n) is 3.64. The Hall–Kier alpha value is -2.45. The van der Waals surface area contributed by atoms with Crippen LogP contribution >= 0.6 is 11.3 Å². The van der Waals surface area contributed by atoms with Gasteiger partial charge in [-0.05, 0) is 25.3 Å². The number of rotatable bonds is 6. The molecule has 0 aliphatic heterocycles. The Morgan fingerprint density at radius 1 is 1.17 bits per heavy atom. The van der Waals surface area contributed by atoms with Gasteiger partial charge in [0.2, 0.25) is 0 Å². The molecule has 5 heteroatoms. The molecule has 0 aliphatic rings. The molecule has 116 valence electrons. The molecule has 2 aromatic heterocycles. The van der Waals surface area contributed by atoms with Crippen LogP contribution in [0.25, 0.3) is 21.3 Å². The minimum absolute atomic E-state index is 0.605. The monoisotopic (exact) mass is 322 g/mol. The Labute approximate surface area is 139 Å². The van der Waals surface area contributed by atoms with E-state index in [-0.39, 0.29) is 0 Å². The van der Waals surface area contributed by atoms with Crippen molar-refractivity contribution in [2.24, 2.45) is 0 Å². The number of unbranched alkanes of at least 4 members (excludes halogenated alkanes) is 2. The van der Waals surface area contributed by atoms with Crippen LogP contribution in [0, 0.1) is 18.3 Å². The average Bonchev–Trinajstić information content (AvgIpc) is 2.99. The fourth-order valence-electron chi connectivity index (χ4n) is 2.54. The van der Waals surface area contributed by atoms with Crippen LogP contribution in [-0.4, -0.2) is 16.5 Å². The number of anilines is 1. The summed E-state index contributed by atoms with van der Waals surface area (Å²) in [6.07, 6.45) is 2.47. The molecule has 0 atom stereocenters. The van der Waals surface area contributed by atoms with Gasteiger partial charge in [-0.15, -0.1) is 11.3 Å². The maximum Gasteiger partial charge on any atom is 0.139 e. The topological polar surface area (TPSA) is 61.6 Å². The van der Waals surface area contributed by atoms with E-state index in [1.165, 1.54) is 11.1 Å². The third kappa shape index (κ3) is 3.49. The Bertz CT molecular complexity index is 833. The number of hydrogen-bond donors (Lipinski definition) is 1.